The largest absolute Gasteiger partial charge is 0.381 e. The molecular weight excluding hydrogens is 247 g/mol. The highest BCUT2D eigenvalue weighted by atomic mass is 19.1. The molecule has 104 valence electrons. The van der Waals surface area contributed by atoms with E-state index in [9.17, 15) is 9.18 Å². The van der Waals surface area contributed by atoms with Gasteiger partial charge in [0.2, 0.25) is 0 Å². The van der Waals surface area contributed by atoms with Crippen molar-refractivity contribution in [2.45, 2.75) is 31.8 Å². The van der Waals surface area contributed by atoms with Crippen molar-refractivity contribution < 1.29 is 9.18 Å². The molecule has 1 unspecified atom stereocenters. The molecule has 6 heteroatoms. The fourth-order valence-electron chi connectivity index (χ4n) is 1.96. The van der Waals surface area contributed by atoms with Crippen molar-refractivity contribution in [3.8, 4) is 0 Å². The lowest BCUT2D eigenvalue weighted by Crippen LogP contribution is -2.41. The Labute approximate surface area is 112 Å². The molecule has 1 aromatic rings. The van der Waals surface area contributed by atoms with E-state index in [-0.39, 0.29) is 17.4 Å². The van der Waals surface area contributed by atoms with E-state index in [4.69, 9.17) is 5.73 Å². The molecule has 0 aliphatic heterocycles. The van der Waals surface area contributed by atoms with E-state index in [2.05, 4.69) is 15.2 Å². The Morgan fingerprint density at radius 1 is 1.68 bits per heavy atom. The van der Waals surface area contributed by atoms with Crippen molar-refractivity contribution in [3.63, 3.8) is 0 Å². The SMILES string of the molecule is CC(CNC(=O)c1ccnc(N)c1F)N(C)C1CC1. The second-order valence-corrected chi connectivity index (χ2v) is 5.01. The number of nitrogens with two attached hydrogens (primary N) is 1. The summed E-state index contributed by atoms with van der Waals surface area (Å²) in [4.78, 5) is 17.7. The summed E-state index contributed by atoms with van der Waals surface area (Å²) in [6, 6.07) is 2.18. The number of nitrogens with zero attached hydrogens (tertiary/aromatic N) is 2. The maximum absolute atomic E-state index is 13.6. The number of carbonyl (C=O) groups is 1. The fraction of sp³-hybridized carbons (Fsp3) is 0.538. The van der Waals surface area contributed by atoms with E-state index in [0.717, 1.165) is 0 Å². The smallest absolute Gasteiger partial charge is 0.254 e. The van der Waals surface area contributed by atoms with E-state index in [1.165, 1.54) is 25.1 Å². The van der Waals surface area contributed by atoms with Gasteiger partial charge >= 0.3 is 0 Å². The molecule has 19 heavy (non-hydrogen) atoms. The third-order valence-electron chi connectivity index (χ3n) is 3.54. The lowest BCUT2D eigenvalue weighted by Gasteiger charge is -2.24. The van der Waals surface area contributed by atoms with Gasteiger partial charge in [-0.25, -0.2) is 9.37 Å². The van der Waals surface area contributed by atoms with Crippen LogP contribution in [0.4, 0.5) is 10.2 Å². The molecule has 2 rings (SSSR count). The van der Waals surface area contributed by atoms with Gasteiger partial charge < -0.3 is 11.1 Å². The molecular formula is C13H19FN4O. The van der Waals surface area contributed by atoms with E-state index in [0.29, 0.717) is 12.6 Å². The summed E-state index contributed by atoms with van der Waals surface area (Å²) < 4.78 is 13.6. The number of anilines is 1. The van der Waals surface area contributed by atoms with E-state index in [1.54, 1.807) is 0 Å². The third-order valence-corrected chi connectivity index (χ3v) is 3.54. The third kappa shape index (κ3) is 3.20. The number of rotatable bonds is 5. The van der Waals surface area contributed by atoms with Crippen LogP contribution in [0.25, 0.3) is 0 Å². The summed E-state index contributed by atoms with van der Waals surface area (Å²) in [5, 5.41) is 2.73. The Hall–Kier alpha value is -1.69. The van der Waals surface area contributed by atoms with Crippen LogP contribution in [0.15, 0.2) is 12.3 Å². The van der Waals surface area contributed by atoms with Crippen molar-refractivity contribution >= 4 is 11.7 Å². The summed E-state index contributed by atoms with van der Waals surface area (Å²) in [5.74, 6) is -1.47. The second-order valence-electron chi connectivity index (χ2n) is 5.01. The number of amides is 1. The Bertz CT molecular complexity index is 476. The summed E-state index contributed by atoms with van der Waals surface area (Å²) in [6.07, 6.45) is 3.75. The molecule has 0 saturated heterocycles. The van der Waals surface area contributed by atoms with Gasteiger partial charge in [0, 0.05) is 24.8 Å². The molecule has 1 fully saturated rings. The number of likely N-dealkylation sites (N-methyl/N-ethyl adjacent to an activating group) is 1. The highest BCUT2D eigenvalue weighted by molar-refractivity contribution is 5.95. The second kappa shape index (κ2) is 5.52. The predicted molar refractivity (Wildman–Crippen MR) is 71.2 cm³/mol. The molecule has 1 aromatic heterocycles. The first kappa shape index (κ1) is 13.7. The van der Waals surface area contributed by atoms with Gasteiger partial charge in [-0.15, -0.1) is 0 Å². The normalized spacial score (nSPS) is 16.4. The molecule has 1 aliphatic carbocycles. The van der Waals surface area contributed by atoms with Crippen LogP contribution in [0.2, 0.25) is 0 Å². The topological polar surface area (TPSA) is 71.2 Å². The van der Waals surface area contributed by atoms with E-state index >= 15 is 0 Å². The molecule has 1 saturated carbocycles. The van der Waals surface area contributed by atoms with Crippen molar-refractivity contribution in [2.24, 2.45) is 0 Å². The summed E-state index contributed by atoms with van der Waals surface area (Å²) in [5.41, 5.74) is 5.27. The Morgan fingerprint density at radius 3 is 3.00 bits per heavy atom. The van der Waals surface area contributed by atoms with Crippen molar-refractivity contribution in [1.29, 1.82) is 0 Å². The zero-order valence-corrected chi connectivity index (χ0v) is 11.2. The lowest BCUT2D eigenvalue weighted by molar-refractivity contribution is 0.0935. The predicted octanol–water partition coefficient (Wildman–Crippen LogP) is 1.02. The minimum Gasteiger partial charge on any atom is -0.381 e. The number of aromatic nitrogens is 1. The molecule has 0 bridgehead atoms. The highest BCUT2D eigenvalue weighted by Crippen LogP contribution is 2.26. The van der Waals surface area contributed by atoms with Crippen LogP contribution < -0.4 is 11.1 Å². The number of hydrogen-bond acceptors (Lipinski definition) is 4. The summed E-state index contributed by atoms with van der Waals surface area (Å²) in [7, 11) is 2.04. The van der Waals surface area contributed by atoms with Gasteiger partial charge in [0.15, 0.2) is 11.6 Å². The molecule has 0 spiro atoms. The van der Waals surface area contributed by atoms with Crippen LogP contribution in [0.3, 0.4) is 0 Å². The molecule has 3 N–H and O–H groups in total. The molecule has 0 aromatic carbocycles. The molecule has 1 amide bonds. The molecule has 0 radical (unpaired) electrons. The Balaban J connectivity index is 1.92. The number of pyridine rings is 1. The van der Waals surface area contributed by atoms with Gasteiger partial charge in [-0.3, -0.25) is 9.69 Å². The minimum absolute atomic E-state index is 0.0613. The van der Waals surface area contributed by atoms with Crippen LogP contribution in [0, 0.1) is 5.82 Å². The summed E-state index contributed by atoms with van der Waals surface area (Å²) >= 11 is 0. The quantitative estimate of drug-likeness (QED) is 0.834. The van der Waals surface area contributed by atoms with Crippen LogP contribution >= 0.6 is 0 Å². The van der Waals surface area contributed by atoms with Crippen LogP contribution in [0.5, 0.6) is 0 Å². The van der Waals surface area contributed by atoms with Crippen molar-refractivity contribution in [2.75, 3.05) is 19.3 Å². The highest BCUT2D eigenvalue weighted by Gasteiger charge is 2.29. The first-order valence-electron chi connectivity index (χ1n) is 6.40. The van der Waals surface area contributed by atoms with Crippen LogP contribution in [-0.2, 0) is 0 Å². The zero-order chi connectivity index (χ0) is 14.0. The van der Waals surface area contributed by atoms with Gasteiger partial charge in [-0.05, 0) is 32.9 Å². The van der Waals surface area contributed by atoms with Gasteiger partial charge in [0.1, 0.15) is 0 Å². The van der Waals surface area contributed by atoms with Gasteiger partial charge in [-0.2, -0.15) is 0 Å². The molecule has 1 heterocycles. The summed E-state index contributed by atoms with van der Waals surface area (Å²) in [6.45, 7) is 2.52. The number of carbonyl (C=O) groups excluding carboxylic acids is 1. The fourth-order valence-corrected chi connectivity index (χ4v) is 1.96. The maximum atomic E-state index is 13.6. The number of hydrogen-bond donors (Lipinski definition) is 2. The van der Waals surface area contributed by atoms with Gasteiger partial charge in [0.05, 0.1) is 5.56 Å². The number of nitrogen functional groups attached to an aromatic ring is 1. The zero-order valence-electron chi connectivity index (χ0n) is 11.2. The van der Waals surface area contributed by atoms with E-state index in [1.807, 2.05) is 14.0 Å². The molecule has 1 atom stereocenters. The van der Waals surface area contributed by atoms with Gasteiger partial charge in [-0.1, -0.05) is 0 Å². The average Bonchev–Trinajstić information content (AvgIpc) is 3.22. The van der Waals surface area contributed by atoms with Crippen molar-refractivity contribution in [1.82, 2.24) is 15.2 Å². The minimum atomic E-state index is -0.761. The van der Waals surface area contributed by atoms with Crippen LogP contribution in [0.1, 0.15) is 30.1 Å². The first-order valence-corrected chi connectivity index (χ1v) is 6.40. The first-order chi connectivity index (χ1) is 9.00. The lowest BCUT2D eigenvalue weighted by atomic mass is 10.2. The molecule has 1 aliphatic rings. The number of halogens is 1. The standard InChI is InChI=1S/C13H19FN4O/c1-8(18(2)9-3-4-9)7-17-13(19)10-5-6-16-12(15)11(10)14/h5-6,8-9H,3-4,7H2,1-2H3,(H2,15,16)(H,17,19). The van der Waals surface area contributed by atoms with Gasteiger partial charge in [0.25, 0.3) is 5.91 Å². The number of nitrogens with one attached hydrogen (secondary N) is 1. The average molecular weight is 266 g/mol. The maximum Gasteiger partial charge on any atom is 0.254 e. The Kier molecular flexibility index (Phi) is 3.99. The van der Waals surface area contributed by atoms with E-state index < -0.39 is 11.7 Å². The van der Waals surface area contributed by atoms with Crippen molar-refractivity contribution in [3.05, 3.63) is 23.6 Å². The van der Waals surface area contributed by atoms with Crippen LogP contribution in [-0.4, -0.2) is 41.5 Å². The monoisotopic (exact) mass is 266 g/mol. The molecule has 5 nitrogen and oxygen atoms in total. The Morgan fingerprint density at radius 2 is 2.37 bits per heavy atom.